The molecule has 0 bridgehead atoms. The molecule has 22 heavy (non-hydrogen) atoms. The summed E-state index contributed by atoms with van der Waals surface area (Å²) < 4.78 is 5.40. The average Bonchev–Trinajstić information content (AvgIpc) is 2.88. The number of hydrogen-bond donors (Lipinski definition) is 4. The molecule has 6 nitrogen and oxygen atoms in total. The van der Waals surface area contributed by atoms with Crippen molar-refractivity contribution in [3.05, 3.63) is 24.3 Å². The molecule has 1 aromatic carbocycles. The van der Waals surface area contributed by atoms with Crippen molar-refractivity contribution in [3.63, 3.8) is 0 Å². The van der Waals surface area contributed by atoms with Gasteiger partial charge in [0, 0.05) is 18.3 Å². The molecule has 1 amide bonds. The molecule has 0 aromatic heterocycles. The number of amides is 1. The third-order valence-corrected chi connectivity index (χ3v) is 4.67. The van der Waals surface area contributed by atoms with Crippen molar-refractivity contribution < 1.29 is 9.53 Å². The maximum atomic E-state index is 12.4. The first-order valence-electron chi connectivity index (χ1n) is 7.42. The zero-order valence-electron chi connectivity index (χ0n) is 12.8. The van der Waals surface area contributed by atoms with Crippen LogP contribution in [0.15, 0.2) is 24.3 Å². The molecular weight excluding hydrogens is 348 g/mol. The summed E-state index contributed by atoms with van der Waals surface area (Å²) in [5, 5.41) is 2.91. The maximum absolute atomic E-state index is 12.4. The Bertz CT molecular complexity index is 495. The van der Waals surface area contributed by atoms with E-state index in [2.05, 4.69) is 45.9 Å². The van der Waals surface area contributed by atoms with Crippen molar-refractivity contribution in [2.75, 3.05) is 18.5 Å². The summed E-state index contributed by atoms with van der Waals surface area (Å²) in [6.45, 7) is 5.19. The molecule has 0 spiro atoms. The molecule has 7 heteroatoms. The first-order chi connectivity index (χ1) is 10.5. The number of nitrogens with one attached hydrogen (secondary N) is 3. The minimum atomic E-state index is -0.319. The largest absolute Gasteiger partial charge is 0.492 e. The number of anilines is 1. The van der Waals surface area contributed by atoms with Gasteiger partial charge in [-0.2, -0.15) is 0 Å². The standard InChI is InChI=1S/C15H23BrN4O2/c1-9(2)13-12(16)14(20-19-13)15(21)18-10-3-5-11(6-4-10)22-8-7-17/h3-6,9,12-14,19-20H,7-8,17H2,1-2H3,(H,18,21). The number of carbonyl (C=O) groups excluding carboxylic acids is 1. The minimum Gasteiger partial charge on any atom is -0.492 e. The van der Waals surface area contributed by atoms with E-state index in [1.807, 2.05) is 24.3 Å². The van der Waals surface area contributed by atoms with Crippen molar-refractivity contribution in [2.24, 2.45) is 11.7 Å². The summed E-state index contributed by atoms with van der Waals surface area (Å²) >= 11 is 3.61. The molecule has 0 saturated carbocycles. The number of nitrogens with two attached hydrogens (primary N) is 1. The Kier molecular flexibility index (Phi) is 6.19. The fraction of sp³-hybridized carbons (Fsp3) is 0.533. The van der Waals surface area contributed by atoms with E-state index in [0.717, 1.165) is 11.4 Å². The first kappa shape index (κ1) is 17.2. The molecule has 1 aromatic rings. The molecular formula is C15H23BrN4O2. The Morgan fingerprint density at radius 1 is 1.36 bits per heavy atom. The molecule has 2 rings (SSSR count). The smallest absolute Gasteiger partial charge is 0.244 e. The summed E-state index contributed by atoms with van der Waals surface area (Å²) in [5.41, 5.74) is 12.3. The van der Waals surface area contributed by atoms with E-state index in [0.29, 0.717) is 19.1 Å². The third kappa shape index (κ3) is 4.19. The number of ether oxygens (including phenoxy) is 1. The Labute approximate surface area is 139 Å². The lowest BCUT2D eigenvalue weighted by Gasteiger charge is -2.19. The first-order valence-corrected chi connectivity index (χ1v) is 8.33. The van der Waals surface area contributed by atoms with Gasteiger partial charge in [-0.3, -0.25) is 10.2 Å². The monoisotopic (exact) mass is 370 g/mol. The average molecular weight is 371 g/mol. The van der Waals surface area contributed by atoms with E-state index in [-0.39, 0.29) is 22.8 Å². The SMILES string of the molecule is CC(C)C1NNC(C(=O)Nc2ccc(OCCN)cc2)C1Br. The van der Waals surface area contributed by atoms with Crippen LogP contribution in [-0.2, 0) is 4.79 Å². The molecule has 1 aliphatic rings. The number of alkyl halides is 1. The van der Waals surface area contributed by atoms with Gasteiger partial charge in [0.05, 0.1) is 4.83 Å². The highest BCUT2D eigenvalue weighted by atomic mass is 79.9. The van der Waals surface area contributed by atoms with E-state index in [9.17, 15) is 4.79 Å². The number of rotatable bonds is 6. The van der Waals surface area contributed by atoms with Crippen LogP contribution in [0.5, 0.6) is 5.75 Å². The van der Waals surface area contributed by atoms with Crippen LogP contribution in [0.4, 0.5) is 5.69 Å². The molecule has 3 atom stereocenters. The molecule has 1 aliphatic heterocycles. The lowest BCUT2D eigenvalue weighted by molar-refractivity contribution is -0.117. The van der Waals surface area contributed by atoms with Crippen molar-refractivity contribution in [1.29, 1.82) is 0 Å². The molecule has 1 fully saturated rings. The minimum absolute atomic E-state index is 0.0414. The summed E-state index contributed by atoms with van der Waals surface area (Å²) in [6.07, 6.45) is 0. The Morgan fingerprint density at radius 3 is 2.59 bits per heavy atom. The molecule has 3 unspecified atom stereocenters. The Hall–Kier alpha value is -1.15. The van der Waals surface area contributed by atoms with Gasteiger partial charge in [0.15, 0.2) is 0 Å². The van der Waals surface area contributed by atoms with Gasteiger partial charge in [-0.05, 0) is 30.2 Å². The second kappa shape index (κ2) is 7.92. The van der Waals surface area contributed by atoms with Gasteiger partial charge in [-0.25, -0.2) is 5.43 Å². The fourth-order valence-electron chi connectivity index (χ4n) is 2.33. The maximum Gasteiger partial charge on any atom is 0.244 e. The van der Waals surface area contributed by atoms with Crippen LogP contribution in [0.25, 0.3) is 0 Å². The van der Waals surface area contributed by atoms with Gasteiger partial charge in [0.25, 0.3) is 0 Å². The van der Waals surface area contributed by atoms with Gasteiger partial charge in [0.2, 0.25) is 5.91 Å². The summed E-state index contributed by atoms with van der Waals surface area (Å²) in [4.78, 5) is 12.4. The zero-order chi connectivity index (χ0) is 16.1. The van der Waals surface area contributed by atoms with E-state index in [1.54, 1.807) is 0 Å². The topological polar surface area (TPSA) is 88.4 Å². The van der Waals surface area contributed by atoms with Crippen LogP contribution in [-0.4, -0.2) is 36.0 Å². The van der Waals surface area contributed by atoms with Crippen molar-refractivity contribution in [2.45, 2.75) is 30.8 Å². The van der Waals surface area contributed by atoms with Gasteiger partial charge >= 0.3 is 0 Å². The highest BCUT2D eigenvalue weighted by Crippen LogP contribution is 2.23. The highest BCUT2D eigenvalue weighted by Gasteiger charge is 2.39. The fourth-order valence-corrected chi connectivity index (χ4v) is 3.44. The zero-order valence-corrected chi connectivity index (χ0v) is 14.4. The normalized spacial score (nSPS) is 24.5. The quantitative estimate of drug-likeness (QED) is 0.565. The summed E-state index contributed by atoms with van der Waals surface area (Å²) in [5.74, 6) is 1.09. The summed E-state index contributed by atoms with van der Waals surface area (Å²) in [6, 6.07) is 7.15. The predicted octanol–water partition coefficient (Wildman–Crippen LogP) is 1.23. The Balaban J connectivity index is 1.92. The summed E-state index contributed by atoms with van der Waals surface area (Å²) in [7, 11) is 0. The van der Waals surface area contributed by atoms with Crippen molar-refractivity contribution >= 4 is 27.5 Å². The number of halogens is 1. The number of benzene rings is 1. The van der Waals surface area contributed by atoms with Gasteiger partial charge in [-0.1, -0.05) is 29.8 Å². The van der Waals surface area contributed by atoms with Gasteiger partial charge in [0.1, 0.15) is 18.4 Å². The van der Waals surface area contributed by atoms with Crippen molar-refractivity contribution in [1.82, 2.24) is 10.9 Å². The van der Waals surface area contributed by atoms with E-state index in [4.69, 9.17) is 10.5 Å². The van der Waals surface area contributed by atoms with Crippen LogP contribution in [0.1, 0.15) is 13.8 Å². The lowest BCUT2D eigenvalue weighted by atomic mass is 9.99. The highest BCUT2D eigenvalue weighted by molar-refractivity contribution is 9.09. The molecule has 5 N–H and O–H groups in total. The number of carbonyl (C=O) groups is 1. The van der Waals surface area contributed by atoms with Crippen LogP contribution in [0, 0.1) is 5.92 Å². The van der Waals surface area contributed by atoms with E-state index < -0.39 is 0 Å². The molecule has 1 saturated heterocycles. The van der Waals surface area contributed by atoms with Crippen LogP contribution in [0.2, 0.25) is 0 Å². The Morgan fingerprint density at radius 2 is 2.05 bits per heavy atom. The molecule has 0 radical (unpaired) electrons. The molecule has 122 valence electrons. The van der Waals surface area contributed by atoms with Crippen molar-refractivity contribution in [3.8, 4) is 5.75 Å². The molecule has 0 aliphatic carbocycles. The van der Waals surface area contributed by atoms with E-state index >= 15 is 0 Å². The van der Waals surface area contributed by atoms with Crippen LogP contribution in [0.3, 0.4) is 0 Å². The van der Waals surface area contributed by atoms with Gasteiger partial charge in [-0.15, -0.1) is 0 Å². The predicted molar refractivity (Wildman–Crippen MR) is 91.0 cm³/mol. The van der Waals surface area contributed by atoms with E-state index in [1.165, 1.54) is 0 Å². The lowest BCUT2D eigenvalue weighted by Crippen LogP contribution is -2.42. The second-order valence-corrected chi connectivity index (χ2v) is 6.69. The third-order valence-electron chi connectivity index (χ3n) is 3.58. The van der Waals surface area contributed by atoms with Crippen LogP contribution < -0.4 is 26.6 Å². The number of hydrogen-bond acceptors (Lipinski definition) is 5. The number of hydrazine groups is 1. The molecule has 1 heterocycles. The van der Waals surface area contributed by atoms with Gasteiger partial charge < -0.3 is 15.8 Å². The second-order valence-electron chi connectivity index (χ2n) is 5.63. The van der Waals surface area contributed by atoms with Crippen LogP contribution >= 0.6 is 15.9 Å².